The number of benzene rings is 3. The minimum atomic E-state index is -2.74. The molecule has 0 aliphatic carbocycles. The molecule has 3 aromatic carbocycles. The molecule has 1 fully saturated rings. The predicted molar refractivity (Wildman–Crippen MR) is 147 cm³/mol. The van der Waals surface area contributed by atoms with Crippen LogP contribution in [0.5, 0.6) is 5.75 Å². The summed E-state index contributed by atoms with van der Waals surface area (Å²) in [7, 11) is 1.60. The Labute approximate surface area is 226 Å². The Morgan fingerprint density at radius 2 is 1.63 bits per heavy atom. The lowest BCUT2D eigenvalue weighted by atomic mass is 9.89. The van der Waals surface area contributed by atoms with Gasteiger partial charge in [0.25, 0.3) is 0 Å². The van der Waals surface area contributed by atoms with Gasteiger partial charge in [-0.2, -0.15) is 0 Å². The van der Waals surface area contributed by atoms with E-state index < -0.39 is 23.3 Å². The minimum Gasteiger partial charge on any atom is -0.755 e. The van der Waals surface area contributed by atoms with Gasteiger partial charge in [0.15, 0.2) is 0 Å². The maximum absolute atomic E-state index is 12.3. The first-order valence-electron chi connectivity index (χ1n) is 12.7. The van der Waals surface area contributed by atoms with Crippen molar-refractivity contribution in [2.24, 2.45) is 5.92 Å². The third-order valence-corrected chi connectivity index (χ3v) is 7.71. The molecule has 1 saturated heterocycles. The number of methoxy groups -OCH3 is 1. The molecule has 1 heterocycles. The van der Waals surface area contributed by atoms with Crippen molar-refractivity contribution in [3.63, 3.8) is 0 Å². The highest BCUT2D eigenvalue weighted by molar-refractivity contribution is 7.80. The Balaban J connectivity index is 1.36. The lowest BCUT2D eigenvalue weighted by Crippen LogP contribution is -2.51. The van der Waals surface area contributed by atoms with E-state index >= 15 is 0 Å². The fourth-order valence-corrected chi connectivity index (χ4v) is 5.61. The van der Waals surface area contributed by atoms with Crippen LogP contribution in [0.25, 0.3) is 11.1 Å². The van der Waals surface area contributed by atoms with E-state index in [0.717, 1.165) is 33.3 Å². The molecule has 8 nitrogen and oxygen atoms in total. The molecule has 3 aromatic rings. The quantitative estimate of drug-likeness (QED) is 0.271. The van der Waals surface area contributed by atoms with E-state index in [1.54, 1.807) is 31.4 Å². The lowest BCUT2D eigenvalue weighted by Gasteiger charge is -2.40. The van der Waals surface area contributed by atoms with Gasteiger partial charge in [0.1, 0.15) is 11.8 Å². The normalized spacial score (nSPS) is 16.1. The number of carboxylic acid groups (broad SMARTS) is 1. The molecule has 0 amide bonds. The Kier molecular flexibility index (Phi) is 9.89. The molecule has 0 bridgehead atoms. The summed E-state index contributed by atoms with van der Waals surface area (Å²) >= 11 is -2.74. The summed E-state index contributed by atoms with van der Waals surface area (Å²) in [4.78, 5) is 14.6. The second-order valence-corrected chi connectivity index (χ2v) is 10.1. The average Bonchev–Trinajstić information content (AvgIpc) is 2.95. The number of carbonyl (C=O) groups is 1. The zero-order valence-electron chi connectivity index (χ0n) is 21.4. The highest BCUT2D eigenvalue weighted by atomic mass is 32.2. The van der Waals surface area contributed by atoms with E-state index in [1.807, 2.05) is 54.6 Å². The fraction of sp³-hybridized carbons (Fsp3) is 0.345. The monoisotopic (exact) mass is 537 g/mol. The Morgan fingerprint density at radius 1 is 1.03 bits per heavy atom. The van der Waals surface area contributed by atoms with Crippen molar-refractivity contribution < 1.29 is 28.1 Å². The summed E-state index contributed by atoms with van der Waals surface area (Å²) in [6.07, 6.45) is 1.18. The van der Waals surface area contributed by atoms with Gasteiger partial charge < -0.3 is 24.0 Å². The first-order chi connectivity index (χ1) is 18.5. The molecule has 2 unspecified atom stereocenters. The summed E-state index contributed by atoms with van der Waals surface area (Å²) in [5, 5.41) is 10.1. The van der Waals surface area contributed by atoms with Crippen LogP contribution >= 0.6 is 0 Å². The van der Waals surface area contributed by atoms with Crippen molar-refractivity contribution in [1.82, 2.24) is 4.90 Å². The third kappa shape index (κ3) is 7.20. The van der Waals surface area contributed by atoms with Crippen LogP contribution < -0.4 is 9.04 Å². The zero-order chi connectivity index (χ0) is 26.9. The maximum atomic E-state index is 12.3. The highest BCUT2D eigenvalue weighted by Crippen LogP contribution is 2.31. The molecule has 0 aromatic heterocycles. The number of carboxylic acids is 1. The molecule has 0 spiro atoms. The molecule has 1 aliphatic heterocycles. The zero-order valence-corrected chi connectivity index (χ0v) is 22.2. The van der Waals surface area contributed by atoms with Gasteiger partial charge >= 0.3 is 5.97 Å². The molecule has 1 aliphatic rings. The number of likely N-dealkylation sites (tertiary alicyclic amines) is 1. The first kappa shape index (κ1) is 27.8. The van der Waals surface area contributed by atoms with Crippen molar-refractivity contribution in [3.8, 4) is 16.9 Å². The van der Waals surface area contributed by atoms with Crippen molar-refractivity contribution in [3.05, 3.63) is 84.4 Å². The Bertz CT molecular complexity index is 1180. The lowest BCUT2D eigenvalue weighted by molar-refractivity contribution is -0.140. The van der Waals surface area contributed by atoms with Gasteiger partial charge in [0, 0.05) is 23.5 Å². The van der Waals surface area contributed by atoms with Crippen molar-refractivity contribution in [2.45, 2.75) is 25.5 Å². The number of hydrogen-bond donors (Lipinski definition) is 1. The first-order valence-corrected chi connectivity index (χ1v) is 13.7. The molecule has 2 atom stereocenters. The number of rotatable bonds is 12. The summed E-state index contributed by atoms with van der Waals surface area (Å²) in [6, 6.07) is 23.3. The van der Waals surface area contributed by atoms with E-state index in [2.05, 4.69) is 4.90 Å². The maximum Gasteiger partial charge on any atom is 0.327 e. The topological polar surface area (TPSA) is 102 Å². The molecule has 0 saturated carbocycles. The summed E-state index contributed by atoms with van der Waals surface area (Å²) < 4.78 is 36.6. The number of anilines is 1. The molecule has 38 heavy (non-hydrogen) atoms. The molecule has 202 valence electrons. The molecule has 0 radical (unpaired) electrons. The van der Waals surface area contributed by atoms with Crippen molar-refractivity contribution in [1.29, 1.82) is 0 Å². The van der Waals surface area contributed by atoms with E-state index in [4.69, 9.17) is 9.47 Å². The molecule has 9 heteroatoms. The smallest absolute Gasteiger partial charge is 0.327 e. The Hall–Kier alpha value is -3.24. The van der Waals surface area contributed by atoms with E-state index in [1.165, 1.54) is 0 Å². The van der Waals surface area contributed by atoms with Crippen molar-refractivity contribution in [2.75, 3.05) is 37.7 Å². The van der Waals surface area contributed by atoms with Gasteiger partial charge in [-0.15, -0.1) is 0 Å². The van der Waals surface area contributed by atoms with Crippen LogP contribution in [-0.2, 0) is 27.4 Å². The van der Waals surface area contributed by atoms with Crippen LogP contribution in [0, 0.1) is 5.92 Å². The van der Waals surface area contributed by atoms with Gasteiger partial charge in [0.05, 0.1) is 20.3 Å². The number of hydrogen-bond acceptors (Lipinski definition) is 6. The van der Waals surface area contributed by atoms with Gasteiger partial charge in [-0.1, -0.05) is 54.6 Å². The standard InChI is InChI=1S/C29H34N2O6S/c1-36-27-13-9-24(10-14-27)23-7-11-26(12-8-23)31(38(34)35)28(29(32)33)25-15-17-30(18-16-25)19-20-37-21-22-5-3-2-4-6-22/h2-14,25,28H,15-21H2,1H3,(H,32,33)(H,34,35)/p-1. The van der Waals surface area contributed by atoms with Gasteiger partial charge in [-0.3, -0.25) is 8.51 Å². The molecule has 1 N–H and O–H groups in total. The van der Waals surface area contributed by atoms with Crippen LogP contribution in [-0.4, -0.2) is 64.1 Å². The Morgan fingerprint density at radius 3 is 2.18 bits per heavy atom. The largest absolute Gasteiger partial charge is 0.755 e. The fourth-order valence-electron chi connectivity index (χ4n) is 4.87. The number of nitrogens with zero attached hydrogens (tertiary/aromatic N) is 2. The second kappa shape index (κ2) is 13.5. The average molecular weight is 538 g/mol. The minimum absolute atomic E-state index is 0.298. The number of piperidine rings is 1. The van der Waals surface area contributed by atoms with Crippen LogP contribution in [0.4, 0.5) is 5.69 Å². The molecular weight excluding hydrogens is 504 g/mol. The predicted octanol–water partition coefficient (Wildman–Crippen LogP) is 4.34. The van der Waals surface area contributed by atoms with Crippen LogP contribution in [0.2, 0.25) is 0 Å². The SMILES string of the molecule is COc1ccc(-c2ccc(N(C(C(=O)O)C3CCN(CCOCc4ccccc4)CC3)S(=O)[O-])cc2)cc1. The van der Waals surface area contributed by atoms with Crippen LogP contribution in [0.3, 0.4) is 0 Å². The third-order valence-electron chi connectivity index (χ3n) is 6.95. The number of ether oxygens (including phenoxy) is 2. The summed E-state index contributed by atoms with van der Waals surface area (Å²) in [6.45, 7) is 3.28. The number of aliphatic carboxylic acids is 1. The highest BCUT2D eigenvalue weighted by Gasteiger charge is 2.37. The van der Waals surface area contributed by atoms with Crippen molar-refractivity contribution >= 4 is 22.9 Å². The second-order valence-electron chi connectivity index (χ2n) is 9.32. The van der Waals surface area contributed by atoms with E-state index in [9.17, 15) is 18.7 Å². The van der Waals surface area contributed by atoms with Gasteiger partial charge in [-0.05, 0) is 72.8 Å². The van der Waals surface area contributed by atoms with Crippen LogP contribution in [0.1, 0.15) is 18.4 Å². The molecule has 4 rings (SSSR count). The summed E-state index contributed by atoms with van der Waals surface area (Å²) in [5.74, 6) is -0.695. The van der Waals surface area contributed by atoms with E-state index in [0.29, 0.717) is 44.8 Å². The van der Waals surface area contributed by atoms with Crippen LogP contribution in [0.15, 0.2) is 78.9 Å². The summed E-state index contributed by atoms with van der Waals surface area (Å²) in [5.41, 5.74) is 3.29. The van der Waals surface area contributed by atoms with Gasteiger partial charge in [0.2, 0.25) is 0 Å². The molecular formula is C29H33N2O6S-. The van der Waals surface area contributed by atoms with Gasteiger partial charge in [-0.25, -0.2) is 4.79 Å². The van der Waals surface area contributed by atoms with E-state index in [-0.39, 0.29) is 5.92 Å².